The van der Waals surface area contributed by atoms with Gasteiger partial charge in [-0.1, -0.05) is 0 Å². The number of H-pyrrole nitrogens is 1. The number of carbonyl (C=O) groups is 3. The standard InChI is InChI=1S/C30H29F2N7O7S/c31-19-10-20(32)12-21(11-19)47(44,45)39-4-2-25-24(16-39)28(36-35-25)34-29(41)23-13-26(38-3-1-17(15-38)30(42)43)18(9-22(23)27(33)40)14-37-5-7-46-8-6-37/h1,3,9-13,15H,2,4-8,14,16H2,(H2,33,40)(H,42,43)(H2,34,35,36,41). The molecule has 1 fully saturated rings. The number of nitrogens with zero attached hydrogens (tertiary/aromatic N) is 4. The van der Waals surface area contributed by atoms with E-state index >= 15 is 0 Å². The first-order chi connectivity index (χ1) is 22.4. The predicted molar refractivity (Wildman–Crippen MR) is 162 cm³/mol. The molecular formula is C30H29F2N7O7S. The molecule has 0 bridgehead atoms. The van der Waals surface area contributed by atoms with E-state index in [2.05, 4.69) is 20.4 Å². The summed E-state index contributed by atoms with van der Waals surface area (Å²) in [5.74, 6) is -4.92. The summed E-state index contributed by atoms with van der Waals surface area (Å²) in [6.07, 6.45) is 3.08. The summed E-state index contributed by atoms with van der Waals surface area (Å²) in [7, 11) is -4.32. The lowest BCUT2D eigenvalue weighted by molar-refractivity contribution is 0.0341. The van der Waals surface area contributed by atoms with Crippen LogP contribution in [0.25, 0.3) is 5.69 Å². The van der Waals surface area contributed by atoms with Gasteiger partial charge in [0.1, 0.15) is 11.6 Å². The number of hydrogen-bond donors (Lipinski definition) is 4. The molecule has 2 aromatic heterocycles. The Balaban J connectivity index is 1.33. The van der Waals surface area contributed by atoms with Crippen LogP contribution in [-0.4, -0.2) is 88.1 Å². The molecule has 2 amide bonds. The van der Waals surface area contributed by atoms with Crippen molar-refractivity contribution >= 4 is 33.6 Å². The molecule has 2 aliphatic rings. The number of benzene rings is 2. The fourth-order valence-corrected chi connectivity index (χ4v) is 7.10. The molecule has 0 atom stereocenters. The van der Waals surface area contributed by atoms with E-state index in [1.165, 1.54) is 35.2 Å². The Morgan fingerprint density at radius 1 is 1.04 bits per heavy atom. The Bertz CT molecular complexity index is 1980. The number of carbonyl (C=O) groups excluding carboxylic acids is 2. The van der Waals surface area contributed by atoms with Crippen LogP contribution in [0.2, 0.25) is 0 Å². The number of carboxylic acid groups (broad SMARTS) is 1. The van der Waals surface area contributed by atoms with Crippen molar-refractivity contribution in [2.45, 2.75) is 24.4 Å². The van der Waals surface area contributed by atoms with E-state index in [1.54, 1.807) is 0 Å². The molecule has 246 valence electrons. The van der Waals surface area contributed by atoms with Crippen LogP contribution in [0.5, 0.6) is 0 Å². The molecule has 17 heteroatoms. The molecule has 6 rings (SSSR count). The number of amides is 2. The molecule has 4 heterocycles. The lowest BCUT2D eigenvalue weighted by Crippen LogP contribution is -2.36. The third kappa shape index (κ3) is 6.50. The highest BCUT2D eigenvalue weighted by Crippen LogP contribution is 2.30. The van der Waals surface area contributed by atoms with Crippen LogP contribution >= 0.6 is 0 Å². The molecule has 0 unspecified atom stereocenters. The predicted octanol–water partition coefficient (Wildman–Crippen LogP) is 2.11. The van der Waals surface area contributed by atoms with Crippen molar-refractivity contribution in [1.29, 1.82) is 0 Å². The number of rotatable bonds is 9. The monoisotopic (exact) mass is 669 g/mol. The van der Waals surface area contributed by atoms with Crippen molar-refractivity contribution in [3.63, 3.8) is 0 Å². The van der Waals surface area contributed by atoms with Crippen molar-refractivity contribution in [2.24, 2.45) is 5.73 Å². The number of sulfonamides is 1. The van der Waals surface area contributed by atoms with Crippen molar-refractivity contribution < 1.29 is 41.4 Å². The van der Waals surface area contributed by atoms with Crippen LogP contribution in [0.4, 0.5) is 14.6 Å². The Labute approximate surface area is 266 Å². The number of nitrogens with two attached hydrogens (primary N) is 1. The average molecular weight is 670 g/mol. The molecule has 47 heavy (non-hydrogen) atoms. The average Bonchev–Trinajstić information content (AvgIpc) is 3.68. The Kier molecular flexibility index (Phi) is 8.63. The number of hydrogen-bond acceptors (Lipinski definition) is 8. The summed E-state index contributed by atoms with van der Waals surface area (Å²) in [5.41, 5.74) is 7.42. The van der Waals surface area contributed by atoms with E-state index in [9.17, 15) is 36.7 Å². The zero-order valence-corrected chi connectivity index (χ0v) is 25.5. The highest BCUT2D eigenvalue weighted by molar-refractivity contribution is 7.89. The van der Waals surface area contributed by atoms with E-state index in [-0.39, 0.29) is 42.0 Å². The summed E-state index contributed by atoms with van der Waals surface area (Å²) < 4.78 is 62.2. The number of aromatic nitrogens is 3. The van der Waals surface area contributed by atoms with Gasteiger partial charge in [0.15, 0.2) is 5.82 Å². The van der Waals surface area contributed by atoms with Gasteiger partial charge in [-0.25, -0.2) is 22.0 Å². The number of morpholine rings is 1. The van der Waals surface area contributed by atoms with Gasteiger partial charge in [0, 0.05) is 68.9 Å². The minimum Gasteiger partial charge on any atom is -0.478 e. The second-order valence-corrected chi connectivity index (χ2v) is 13.0. The highest BCUT2D eigenvalue weighted by Gasteiger charge is 2.33. The van der Waals surface area contributed by atoms with E-state index in [1.807, 2.05) is 0 Å². The molecule has 0 radical (unpaired) electrons. The summed E-state index contributed by atoms with van der Waals surface area (Å²) in [6.45, 7) is 2.32. The number of anilines is 1. The topological polar surface area (TPSA) is 193 Å². The van der Waals surface area contributed by atoms with Crippen LogP contribution in [-0.2, 0) is 34.3 Å². The van der Waals surface area contributed by atoms with Crippen LogP contribution in [0.3, 0.4) is 0 Å². The number of primary amides is 1. The van der Waals surface area contributed by atoms with Crippen molar-refractivity contribution in [3.8, 4) is 5.69 Å². The van der Waals surface area contributed by atoms with Gasteiger partial charge >= 0.3 is 5.97 Å². The van der Waals surface area contributed by atoms with E-state index < -0.39 is 44.3 Å². The van der Waals surface area contributed by atoms with Crippen molar-refractivity contribution in [3.05, 3.63) is 93.9 Å². The number of aromatic carboxylic acids is 1. The largest absolute Gasteiger partial charge is 0.478 e. The first-order valence-corrected chi connectivity index (χ1v) is 15.9. The van der Waals surface area contributed by atoms with Gasteiger partial charge < -0.3 is 25.5 Å². The summed E-state index contributed by atoms with van der Waals surface area (Å²) in [4.78, 5) is 39.6. The molecule has 2 aliphatic heterocycles. The lowest BCUT2D eigenvalue weighted by Gasteiger charge is -2.28. The number of nitrogens with one attached hydrogen (secondary N) is 2. The molecule has 0 aliphatic carbocycles. The molecule has 2 aromatic carbocycles. The van der Waals surface area contributed by atoms with Gasteiger partial charge in [0.2, 0.25) is 15.9 Å². The van der Waals surface area contributed by atoms with Gasteiger partial charge in [0.05, 0.1) is 40.5 Å². The SMILES string of the molecule is NC(=O)c1cc(CN2CCOCC2)c(-n2ccc(C(=O)O)c2)cc1C(=O)Nc1n[nH]c2c1CN(S(=O)(=O)c1cc(F)cc(F)c1)CC2. The first-order valence-electron chi connectivity index (χ1n) is 14.4. The number of halogens is 2. The first kappa shape index (κ1) is 32.0. The minimum atomic E-state index is -4.32. The second-order valence-electron chi connectivity index (χ2n) is 11.1. The van der Waals surface area contributed by atoms with Gasteiger partial charge in [-0.3, -0.25) is 19.6 Å². The fourth-order valence-electron chi connectivity index (χ4n) is 5.65. The molecular weight excluding hydrogens is 640 g/mol. The molecule has 1 saturated heterocycles. The molecule has 14 nitrogen and oxygen atoms in total. The zero-order chi connectivity index (χ0) is 33.5. The third-order valence-electron chi connectivity index (χ3n) is 8.05. The highest BCUT2D eigenvalue weighted by atomic mass is 32.2. The van der Waals surface area contributed by atoms with E-state index in [4.69, 9.17) is 10.5 Å². The van der Waals surface area contributed by atoms with Gasteiger partial charge in [-0.2, -0.15) is 9.40 Å². The summed E-state index contributed by atoms with van der Waals surface area (Å²) in [5, 5.41) is 19.1. The van der Waals surface area contributed by atoms with Crippen LogP contribution in [0, 0.1) is 11.6 Å². The summed E-state index contributed by atoms with van der Waals surface area (Å²) in [6, 6.07) is 6.35. The Morgan fingerprint density at radius 2 is 1.77 bits per heavy atom. The van der Waals surface area contributed by atoms with Gasteiger partial charge in [-0.15, -0.1) is 0 Å². The molecule has 0 saturated carbocycles. The number of ether oxygens (including phenoxy) is 1. The quantitative estimate of drug-likeness (QED) is 0.207. The van der Waals surface area contributed by atoms with Crippen molar-refractivity contribution in [2.75, 3.05) is 38.2 Å². The normalized spacial score (nSPS) is 15.7. The number of fused-ring (bicyclic) bond motifs is 1. The van der Waals surface area contributed by atoms with Gasteiger partial charge in [0.25, 0.3) is 5.91 Å². The Morgan fingerprint density at radius 3 is 2.43 bits per heavy atom. The van der Waals surface area contributed by atoms with Gasteiger partial charge in [-0.05, 0) is 35.9 Å². The maximum absolute atomic E-state index is 13.8. The maximum Gasteiger partial charge on any atom is 0.337 e. The summed E-state index contributed by atoms with van der Waals surface area (Å²) >= 11 is 0. The molecule has 4 aromatic rings. The fraction of sp³-hybridized carbons (Fsp3) is 0.267. The minimum absolute atomic E-state index is 0.0101. The smallest absolute Gasteiger partial charge is 0.337 e. The zero-order valence-electron chi connectivity index (χ0n) is 24.7. The number of carboxylic acids is 1. The molecule has 5 N–H and O–H groups in total. The third-order valence-corrected chi connectivity index (χ3v) is 9.87. The number of aromatic amines is 1. The van der Waals surface area contributed by atoms with Crippen LogP contribution in [0.15, 0.2) is 53.7 Å². The lowest BCUT2D eigenvalue weighted by atomic mass is 9.99. The molecule has 0 spiro atoms. The second kappa shape index (κ2) is 12.7. The Hall–Kier alpha value is -4.97. The van der Waals surface area contributed by atoms with Crippen LogP contribution < -0.4 is 11.1 Å². The van der Waals surface area contributed by atoms with E-state index in [0.29, 0.717) is 61.4 Å². The van der Waals surface area contributed by atoms with Crippen molar-refractivity contribution in [1.82, 2.24) is 24.0 Å². The van der Waals surface area contributed by atoms with E-state index in [0.717, 1.165) is 16.4 Å². The maximum atomic E-state index is 13.8. The van der Waals surface area contributed by atoms with Crippen LogP contribution in [0.1, 0.15) is 47.9 Å².